The van der Waals surface area contributed by atoms with Gasteiger partial charge in [0.2, 0.25) is 0 Å². The molecule has 3 aromatic rings. The third-order valence-electron chi connectivity index (χ3n) is 4.96. The highest BCUT2D eigenvalue weighted by Gasteiger charge is 2.34. The van der Waals surface area contributed by atoms with Crippen molar-refractivity contribution in [3.63, 3.8) is 0 Å². The van der Waals surface area contributed by atoms with E-state index in [9.17, 15) is 27.5 Å². The molecule has 1 aromatic carbocycles. The molecule has 0 aliphatic carbocycles. The van der Waals surface area contributed by atoms with Crippen molar-refractivity contribution in [1.82, 2.24) is 19.7 Å². The SMILES string of the molecule is Cc1ccc(C2=CCN(c3cnn(Cc4cnc(C(F)(F)F)s4)c(=O)n3)C[C@@H]2O)cc1F. The highest BCUT2D eigenvalue weighted by molar-refractivity contribution is 7.11. The van der Waals surface area contributed by atoms with Crippen LogP contribution in [-0.2, 0) is 12.7 Å². The standard InChI is InChI=1S/C20H17F4N5O2S/c1-11-2-3-12(6-15(11)21)14-4-5-28(10-16(14)30)17-8-26-29(19(31)27-17)9-13-7-25-18(32-13)20(22,23)24/h2-4,6-8,16,30H,5,9-10H2,1H3/t16-/m0/s1. The van der Waals surface area contributed by atoms with E-state index in [4.69, 9.17) is 0 Å². The van der Waals surface area contributed by atoms with E-state index in [0.29, 0.717) is 34.6 Å². The van der Waals surface area contributed by atoms with E-state index in [2.05, 4.69) is 15.1 Å². The Balaban J connectivity index is 1.50. The van der Waals surface area contributed by atoms with Crippen molar-refractivity contribution in [1.29, 1.82) is 0 Å². The quantitative estimate of drug-likeness (QED) is 0.595. The van der Waals surface area contributed by atoms with Crippen LogP contribution >= 0.6 is 11.3 Å². The summed E-state index contributed by atoms with van der Waals surface area (Å²) in [5.74, 6) is -0.147. The molecule has 12 heteroatoms. The summed E-state index contributed by atoms with van der Waals surface area (Å²) in [5.41, 5.74) is 0.913. The van der Waals surface area contributed by atoms with Crippen LogP contribution < -0.4 is 10.6 Å². The van der Waals surface area contributed by atoms with Crippen molar-refractivity contribution >= 4 is 22.7 Å². The third kappa shape index (κ3) is 4.55. The summed E-state index contributed by atoms with van der Waals surface area (Å²) in [7, 11) is 0. The Morgan fingerprint density at radius 1 is 1.28 bits per heavy atom. The number of aromatic nitrogens is 4. The number of nitrogens with zero attached hydrogens (tertiary/aromatic N) is 5. The third-order valence-corrected chi connectivity index (χ3v) is 5.99. The summed E-state index contributed by atoms with van der Waals surface area (Å²) in [6.07, 6.45) is -1.40. The maximum absolute atomic E-state index is 13.9. The fraction of sp³-hybridized carbons (Fsp3) is 0.300. The maximum Gasteiger partial charge on any atom is 0.443 e. The van der Waals surface area contributed by atoms with Gasteiger partial charge in [-0.25, -0.2) is 18.9 Å². The molecular weight excluding hydrogens is 450 g/mol. The van der Waals surface area contributed by atoms with Crippen LogP contribution in [0, 0.1) is 12.7 Å². The largest absolute Gasteiger partial charge is 0.443 e. The predicted octanol–water partition coefficient (Wildman–Crippen LogP) is 2.87. The van der Waals surface area contributed by atoms with Crippen molar-refractivity contribution in [3.8, 4) is 0 Å². The summed E-state index contributed by atoms with van der Waals surface area (Å²) >= 11 is 0.434. The van der Waals surface area contributed by atoms with E-state index >= 15 is 0 Å². The summed E-state index contributed by atoms with van der Waals surface area (Å²) in [6, 6.07) is 4.73. The van der Waals surface area contributed by atoms with Gasteiger partial charge in [0.1, 0.15) is 5.82 Å². The number of aliphatic hydroxyl groups excluding tert-OH is 1. The van der Waals surface area contributed by atoms with Gasteiger partial charge < -0.3 is 10.0 Å². The van der Waals surface area contributed by atoms with Gasteiger partial charge in [0.15, 0.2) is 10.8 Å². The van der Waals surface area contributed by atoms with Crippen molar-refractivity contribution in [3.05, 3.63) is 74.0 Å². The van der Waals surface area contributed by atoms with E-state index in [0.717, 1.165) is 10.9 Å². The fourth-order valence-electron chi connectivity index (χ4n) is 3.27. The molecule has 2 aromatic heterocycles. The predicted molar refractivity (Wildman–Crippen MR) is 110 cm³/mol. The molecule has 0 bridgehead atoms. The number of hydrogen-bond acceptors (Lipinski definition) is 7. The van der Waals surface area contributed by atoms with Crippen LogP contribution in [0.4, 0.5) is 23.4 Å². The minimum Gasteiger partial charge on any atom is -0.387 e. The molecule has 0 saturated heterocycles. The van der Waals surface area contributed by atoms with Gasteiger partial charge >= 0.3 is 11.9 Å². The Bertz CT molecular complexity index is 1240. The molecule has 0 amide bonds. The van der Waals surface area contributed by atoms with Crippen LogP contribution in [-0.4, -0.2) is 44.0 Å². The summed E-state index contributed by atoms with van der Waals surface area (Å²) in [4.78, 5) is 21.4. The molecule has 0 radical (unpaired) electrons. The lowest BCUT2D eigenvalue weighted by Gasteiger charge is -2.31. The molecular formula is C20H17F4N5O2S. The molecule has 0 spiro atoms. The molecule has 1 aliphatic rings. The minimum atomic E-state index is -4.55. The molecule has 1 atom stereocenters. The van der Waals surface area contributed by atoms with Gasteiger partial charge in [0, 0.05) is 24.2 Å². The maximum atomic E-state index is 13.9. The lowest BCUT2D eigenvalue weighted by Crippen LogP contribution is -2.39. The molecule has 4 rings (SSSR count). The Labute approximate surface area is 183 Å². The number of alkyl halides is 3. The van der Waals surface area contributed by atoms with Crippen LogP contribution in [0.3, 0.4) is 0 Å². The van der Waals surface area contributed by atoms with Crippen molar-refractivity contribution in [2.45, 2.75) is 25.7 Å². The molecule has 168 valence electrons. The first-order chi connectivity index (χ1) is 15.1. The smallest absolute Gasteiger partial charge is 0.387 e. The number of halogens is 4. The number of anilines is 1. The van der Waals surface area contributed by atoms with Gasteiger partial charge in [0.05, 0.1) is 18.8 Å². The van der Waals surface area contributed by atoms with Crippen LogP contribution in [0.1, 0.15) is 21.0 Å². The summed E-state index contributed by atoms with van der Waals surface area (Å²) in [5, 5.41) is 13.5. The minimum absolute atomic E-state index is 0.114. The van der Waals surface area contributed by atoms with Gasteiger partial charge in [0.25, 0.3) is 0 Å². The van der Waals surface area contributed by atoms with Crippen LogP contribution in [0.2, 0.25) is 0 Å². The highest BCUT2D eigenvalue weighted by atomic mass is 32.1. The van der Waals surface area contributed by atoms with Crippen molar-refractivity contribution in [2.24, 2.45) is 0 Å². The molecule has 1 N–H and O–H groups in total. The van der Waals surface area contributed by atoms with E-state index in [1.807, 2.05) is 0 Å². The van der Waals surface area contributed by atoms with E-state index in [1.165, 1.54) is 12.3 Å². The molecule has 0 unspecified atom stereocenters. The van der Waals surface area contributed by atoms with Crippen LogP contribution in [0.25, 0.3) is 5.57 Å². The second-order valence-corrected chi connectivity index (χ2v) is 8.34. The zero-order valence-electron chi connectivity index (χ0n) is 16.7. The first kappa shape index (κ1) is 22.1. The molecule has 0 fully saturated rings. The summed E-state index contributed by atoms with van der Waals surface area (Å²) in [6.45, 7) is 1.89. The number of β-amino-alcohol motifs (C(OH)–C–C–N with tert-alkyl or cyclic N) is 1. The van der Waals surface area contributed by atoms with E-state index in [1.54, 1.807) is 30.0 Å². The topological polar surface area (TPSA) is 84.1 Å². The van der Waals surface area contributed by atoms with Crippen molar-refractivity contribution in [2.75, 3.05) is 18.0 Å². The second-order valence-electron chi connectivity index (χ2n) is 7.23. The Hall–Kier alpha value is -3.12. The number of benzene rings is 1. The normalized spacial score (nSPS) is 16.9. The Morgan fingerprint density at radius 3 is 2.69 bits per heavy atom. The zero-order chi connectivity index (χ0) is 23.0. The van der Waals surface area contributed by atoms with Crippen LogP contribution in [0.15, 0.2) is 41.5 Å². The van der Waals surface area contributed by atoms with E-state index < -0.39 is 23.0 Å². The first-order valence-corrected chi connectivity index (χ1v) is 10.3. The fourth-order valence-corrected chi connectivity index (χ4v) is 4.03. The van der Waals surface area contributed by atoms with Gasteiger partial charge in [-0.15, -0.1) is 11.3 Å². The van der Waals surface area contributed by atoms with Gasteiger partial charge in [-0.3, -0.25) is 0 Å². The monoisotopic (exact) mass is 467 g/mol. The van der Waals surface area contributed by atoms with E-state index in [-0.39, 0.29) is 29.6 Å². The molecule has 1 aliphatic heterocycles. The summed E-state index contributed by atoms with van der Waals surface area (Å²) < 4.78 is 52.9. The molecule has 32 heavy (non-hydrogen) atoms. The van der Waals surface area contributed by atoms with Gasteiger partial charge in [-0.1, -0.05) is 18.2 Å². The first-order valence-electron chi connectivity index (χ1n) is 9.47. The number of hydrogen-bond donors (Lipinski definition) is 1. The number of thiazole rings is 1. The molecule has 7 nitrogen and oxygen atoms in total. The average molecular weight is 467 g/mol. The lowest BCUT2D eigenvalue weighted by molar-refractivity contribution is -0.137. The Morgan fingerprint density at radius 2 is 2.06 bits per heavy atom. The number of aliphatic hydroxyl groups is 1. The number of rotatable bonds is 4. The highest BCUT2D eigenvalue weighted by Crippen LogP contribution is 2.32. The average Bonchev–Trinajstić information content (AvgIpc) is 3.21. The van der Waals surface area contributed by atoms with Gasteiger partial charge in [-0.05, 0) is 29.7 Å². The molecule has 3 heterocycles. The second kappa shape index (κ2) is 8.43. The zero-order valence-corrected chi connectivity index (χ0v) is 17.5. The van der Waals surface area contributed by atoms with Crippen molar-refractivity contribution < 1.29 is 22.7 Å². The Kier molecular flexibility index (Phi) is 5.82. The molecule has 0 saturated carbocycles. The van der Waals surface area contributed by atoms with Crippen LogP contribution in [0.5, 0.6) is 0 Å². The lowest BCUT2D eigenvalue weighted by atomic mass is 9.96. The number of aryl methyl sites for hydroxylation is 1. The van der Waals surface area contributed by atoms with Gasteiger partial charge in [-0.2, -0.15) is 23.3 Å².